The summed E-state index contributed by atoms with van der Waals surface area (Å²) in [6, 6.07) is 10.1. The molecule has 1 aromatic carbocycles. The fourth-order valence-corrected chi connectivity index (χ4v) is 3.63. The van der Waals surface area contributed by atoms with Gasteiger partial charge in [0.2, 0.25) is 0 Å². The Hall–Kier alpha value is -1.41. The fraction of sp³-hybridized carbons (Fsp3) is 0.640. The first-order chi connectivity index (χ1) is 13.1. The van der Waals surface area contributed by atoms with Crippen molar-refractivity contribution in [1.82, 2.24) is 4.98 Å². The minimum Gasteiger partial charge on any atom is -0.388 e. The molecule has 0 aliphatic rings. The number of benzene rings is 1. The number of aliphatic hydroxyl groups excluding tert-OH is 1. The molecule has 0 saturated carbocycles. The van der Waals surface area contributed by atoms with Crippen molar-refractivity contribution in [2.45, 2.75) is 87.2 Å². The molecule has 2 rings (SSSR count). The number of fused-ring (bicyclic) bond motifs is 1. The zero-order valence-electron chi connectivity index (χ0n) is 19.0. The summed E-state index contributed by atoms with van der Waals surface area (Å²) >= 11 is 0. The predicted octanol–water partition coefficient (Wildman–Crippen LogP) is 7.81. The Labute approximate surface area is 168 Å². The van der Waals surface area contributed by atoms with Crippen LogP contribution in [0.4, 0.5) is 0 Å². The predicted molar refractivity (Wildman–Crippen MR) is 121 cm³/mol. The van der Waals surface area contributed by atoms with E-state index in [0.717, 1.165) is 28.8 Å². The molecule has 2 nitrogen and oxygen atoms in total. The molecule has 1 unspecified atom stereocenters. The maximum absolute atomic E-state index is 10.9. The van der Waals surface area contributed by atoms with Gasteiger partial charge in [0.25, 0.3) is 0 Å². The number of hydrogen-bond acceptors (Lipinski definition) is 2. The van der Waals surface area contributed by atoms with E-state index < -0.39 is 6.10 Å². The van der Waals surface area contributed by atoms with Gasteiger partial charge in [-0.3, -0.25) is 4.98 Å². The average molecular weight is 374 g/mol. The first-order valence-electron chi connectivity index (χ1n) is 11.1. The third kappa shape index (κ3) is 7.62. The molecule has 1 N–H and O–H groups in total. The molecule has 1 heterocycles. The number of nitrogens with zero attached hydrogens (tertiary/aromatic N) is 1. The topological polar surface area (TPSA) is 33.1 Å². The van der Waals surface area contributed by atoms with Crippen molar-refractivity contribution < 1.29 is 5.11 Å². The zero-order chi connectivity index (χ0) is 20.8. The summed E-state index contributed by atoms with van der Waals surface area (Å²) in [5, 5.41) is 12.0. The number of hydrogen-bond donors (Lipinski definition) is 1. The molecule has 1 aromatic heterocycles. The summed E-state index contributed by atoms with van der Waals surface area (Å²) in [5.74, 6) is 1.67. The third-order valence-corrected chi connectivity index (χ3v) is 5.32. The van der Waals surface area contributed by atoms with Crippen molar-refractivity contribution in [2.75, 3.05) is 0 Å². The van der Waals surface area contributed by atoms with Gasteiger partial charge in [-0.1, -0.05) is 92.9 Å². The lowest BCUT2D eigenvalue weighted by molar-refractivity contribution is 0.0935. The van der Waals surface area contributed by atoms with E-state index in [-0.39, 0.29) is 5.92 Å². The molecular weight excluding hydrogens is 330 g/mol. The lowest BCUT2D eigenvalue weighted by Crippen LogP contribution is -2.19. The first-order valence-corrected chi connectivity index (χ1v) is 11.1. The maximum atomic E-state index is 10.9. The normalized spacial score (nSPS) is 14.9. The van der Waals surface area contributed by atoms with Crippen LogP contribution in [-0.4, -0.2) is 10.1 Å². The summed E-state index contributed by atoms with van der Waals surface area (Å²) in [7, 11) is 0. The number of pyridine rings is 1. The Bertz CT molecular complexity index is 605. The summed E-state index contributed by atoms with van der Waals surface area (Å²) in [6.07, 6.45) is 6.16. The van der Waals surface area contributed by atoms with Crippen LogP contribution in [0.2, 0.25) is 0 Å². The van der Waals surface area contributed by atoms with Crippen LogP contribution < -0.4 is 0 Å². The Morgan fingerprint density at radius 3 is 2.15 bits per heavy atom. The molecule has 0 radical (unpaired) electrons. The monoisotopic (exact) mass is 373 g/mol. The van der Waals surface area contributed by atoms with E-state index in [0.29, 0.717) is 5.92 Å². The van der Waals surface area contributed by atoms with E-state index in [9.17, 15) is 5.11 Å². The molecule has 2 heteroatoms. The van der Waals surface area contributed by atoms with Gasteiger partial charge >= 0.3 is 0 Å². The van der Waals surface area contributed by atoms with Crippen LogP contribution in [0.3, 0.4) is 0 Å². The number of aromatic nitrogens is 1. The standard InChI is InChI=1S/C21H31NO.2C2H6/c1-5-9-17(15(3)6-2)14-16(4)21(23)19-12-13-22-20-11-8-7-10-18(19)20;2*1-2/h7-8,10-13,15-17,21,23H,5-6,9,14H2,1-4H3;2*1-2H3/t15?,16-,17+,21-;;/m1../s1. The van der Waals surface area contributed by atoms with Gasteiger partial charge in [-0.25, -0.2) is 0 Å². The largest absolute Gasteiger partial charge is 0.388 e. The van der Waals surface area contributed by atoms with Gasteiger partial charge in [-0.05, 0) is 41.9 Å². The number of rotatable bonds is 8. The molecule has 0 aliphatic carbocycles. The average Bonchev–Trinajstić information content (AvgIpc) is 2.74. The molecule has 154 valence electrons. The quantitative estimate of drug-likeness (QED) is 0.512. The van der Waals surface area contributed by atoms with Crippen molar-refractivity contribution in [1.29, 1.82) is 0 Å². The Balaban J connectivity index is 0.00000158. The van der Waals surface area contributed by atoms with Gasteiger partial charge in [0.15, 0.2) is 0 Å². The Kier molecular flexibility index (Phi) is 13.9. The molecule has 0 fully saturated rings. The zero-order valence-corrected chi connectivity index (χ0v) is 19.0. The van der Waals surface area contributed by atoms with Gasteiger partial charge in [0, 0.05) is 11.6 Å². The van der Waals surface area contributed by atoms with Crippen LogP contribution in [-0.2, 0) is 0 Å². The molecule has 0 spiro atoms. The van der Waals surface area contributed by atoms with Crippen LogP contribution in [0.5, 0.6) is 0 Å². The second-order valence-electron chi connectivity index (χ2n) is 7.01. The van der Waals surface area contributed by atoms with Crippen molar-refractivity contribution in [2.24, 2.45) is 17.8 Å². The lowest BCUT2D eigenvalue weighted by atomic mass is 9.79. The summed E-state index contributed by atoms with van der Waals surface area (Å²) in [4.78, 5) is 4.40. The van der Waals surface area contributed by atoms with Gasteiger partial charge < -0.3 is 5.11 Å². The highest BCUT2D eigenvalue weighted by Crippen LogP contribution is 2.35. The molecular formula is C25H43NO. The Morgan fingerprint density at radius 1 is 0.926 bits per heavy atom. The van der Waals surface area contributed by atoms with Gasteiger partial charge in [0.1, 0.15) is 0 Å². The minimum absolute atomic E-state index is 0.256. The third-order valence-electron chi connectivity index (χ3n) is 5.32. The molecule has 0 amide bonds. The highest BCUT2D eigenvalue weighted by molar-refractivity contribution is 5.82. The van der Waals surface area contributed by atoms with Gasteiger partial charge in [-0.15, -0.1) is 0 Å². The second kappa shape index (κ2) is 14.6. The molecule has 0 saturated heterocycles. The van der Waals surface area contributed by atoms with Crippen LogP contribution >= 0.6 is 0 Å². The molecule has 2 aromatic rings. The smallest absolute Gasteiger partial charge is 0.0822 e. The van der Waals surface area contributed by atoms with Gasteiger partial charge in [-0.2, -0.15) is 0 Å². The van der Waals surface area contributed by atoms with E-state index in [4.69, 9.17) is 0 Å². The fourth-order valence-electron chi connectivity index (χ4n) is 3.63. The summed E-state index contributed by atoms with van der Waals surface area (Å²) < 4.78 is 0. The van der Waals surface area contributed by atoms with Gasteiger partial charge in [0.05, 0.1) is 11.6 Å². The molecule has 4 atom stereocenters. The molecule has 0 aliphatic heterocycles. The van der Waals surface area contributed by atoms with Crippen molar-refractivity contribution in [3.63, 3.8) is 0 Å². The van der Waals surface area contributed by atoms with Crippen molar-refractivity contribution in [3.8, 4) is 0 Å². The van der Waals surface area contributed by atoms with E-state index in [2.05, 4.69) is 38.7 Å². The van der Waals surface area contributed by atoms with Crippen molar-refractivity contribution in [3.05, 3.63) is 42.1 Å². The molecule has 27 heavy (non-hydrogen) atoms. The van der Waals surface area contributed by atoms with Crippen LogP contribution in [0.1, 0.15) is 92.7 Å². The van der Waals surface area contributed by atoms with Crippen LogP contribution in [0, 0.1) is 17.8 Å². The van der Waals surface area contributed by atoms with Crippen LogP contribution in [0.15, 0.2) is 36.5 Å². The van der Waals surface area contributed by atoms with E-state index in [1.54, 1.807) is 0 Å². The highest BCUT2D eigenvalue weighted by atomic mass is 16.3. The van der Waals surface area contributed by atoms with E-state index in [1.165, 1.54) is 19.3 Å². The highest BCUT2D eigenvalue weighted by Gasteiger charge is 2.24. The summed E-state index contributed by atoms with van der Waals surface area (Å²) in [6.45, 7) is 17.1. The maximum Gasteiger partial charge on any atom is 0.0822 e. The minimum atomic E-state index is -0.425. The Morgan fingerprint density at radius 2 is 1.56 bits per heavy atom. The number of para-hydroxylation sites is 1. The summed E-state index contributed by atoms with van der Waals surface area (Å²) in [5.41, 5.74) is 1.98. The van der Waals surface area contributed by atoms with E-state index >= 15 is 0 Å². The second-order valence-corrected chi connectivity index (χ2v) is 7.01. The number of aliphatic hydroxyl groups is 1. The van der Waals surface area contributed by atoms with Crippen molar-refractivity contribution >= 4 is 10.9 Å². The van der Waals surface area contributed by atoms with E-state index in [1.807, 2.05) is 58.2 Å². The first kappa shape index (κ1) is 25.6. The SMILES string of the molecule is CC.CC.CCC[C@@H](C[C@@H](C)[C@@H](O)c1ccnc2ccccc12)C(C)CC. The molecule has 0 bridgehead atoms. The lowest BCUT2D eigenvalue weighted by Gasteiger charge is -2.28. The van der Waals surface area contributed by atoms with Crippen LogP contribution in [0.25, 0.3) is 10.9 Å².